The molecule has 0 spiro atoms. The van der Waals surface area contributed by atoms with Crippen molar-refractivity contribution in [1.29, 1.82) is 0 Å². The summed E-state index contributed by atoms with van der Waals surface area (Å²) in [7, 11) is 1.63. The van der Waals surface area contributed by atoms with Crippen LogP contribution in [0.4, 0.5) is 5.82 Å². The average Bonchev–Trinajstić information content (AvgIpc) is 3.63. The number of aryl methyl sites for hydroxylation is 1. The van der Waals surface area contributed by atoms with Crippen LogP contribution in [0.1, 0.15) is 49.1 Å². The molecule has 0 amide bonds. The van der Waals surface area contributed by atoms with E-state index in [2.05, 4.69) is 34.9 Å². The highest BCUT2D eigenvalue weighted by molar-refractivity contribution is 5.82. The molecule has 3 atom stereocenters. The van der Waals surface area contributed by atoms with Gasteiger partial charge in [0, 0.05) is 30.6 Å². The predicted molar refractivity (Wildman–Crippen MR) is 141 cm³/mol. The van der Waals surface area contributed by atoms with Gasteiger partial charge in [-0.3, -0.25) is 4.90 Å². The van der Waals surface area contributed by atoms with E-state index >= 15 is 0 Å². The second kappa shape index (κ2) is 9.53. The molecule has 9 nitrogen and oxygen atoms in total. The summed E-state index contributed by atoms with van der Waals surface area (Å²) >= 11 is 0. The van der Waals surface area contributed by atoms with E-state index in [0.29, 0.717) is 24.0 Å². The van der Waals surface area contributed by atoms with Crippen molar-refractivity contribution in [1.82, 2.24) is 24.6 Å². The van der Waals surface area contributed by atoms with E-state index in [9.17, 15) is 0 Å². The zero-order valence-corrected chi connectivity index (χ0v) is 21.8. The van der Waals surface area contributed by atoms with Gasteiger partial charge in [-0.15, -0.1) is 0 Å². The molecule has 196 valence electrons. The first-order chi connectivity index (χ1) is 18.2. The highest BCUT2D eigenvalue weighted by Gasteiger charge is 2.36. The zero-order chi connectivity index (χ0) is 24.9. The molecule has 1 aromatic carbocycles. The molecular weight excluding hydrogens is 468 g/mol. The van der Waals surface area contributed by atoms with Gasteiger partial charge in [0.2, 0.25) is 0 Å². The number of likely N-dealkylation sites (tertiary alicyclic amines) is 1. The van der Waals surface area contributed by atoms with E-state index in [0.717, 1.165) is 74.8 Å². The first-order valence-corrected chi connectivity index (χ1v) is 13.8. The number of methoxy groups -OCH3 is 1. The van der Waals surface area contributed by atoms with Gasteiger partial charge in [0.1, 0.15) is 5.82 Å². The van der Waals surface area contributed by atoms with Gasteiger partial charge in [-0.2, -0.15) is 15.1 Å². The second-order valence-electron chi connectivity index (χ2n) is 11.1. The van der Waals surface area contributed by atoms with E-state index in [1.54, 1.807) is 7.11 Å². The normalized spacial score (nSPS) is 26.9. The number of hydrogen-bond acceptors (Lipinski definition) is 8. The van der Waals surface area contributed by atoms with Gasteiger partial charge in [0.15, 0.2) is 5.82 Å². The molecule has 5 saturated heterocycles. The summed E-state index contributed by atoms with van der Waals surface area (Å²) in [6.07, 6.45) is 8.01. The van der Waals surface area contributed by atoms with Crippen LogP contribution in [-0.4, -0.2) is 89.4 Å². The van der Waals surface area contributed by atoms with Crippen LogP contribution in [0.3, 0.4) is 0 Å². The number of ether oxygens (including phenoxy) is 3. The average molecular weight is 505 g/mol. The molecule has 5 fully saturated rings. The third-order valence-corrected chi connectivity index (χ3v) is 8.91. The lowest BCUT2D eigenvalue weighted by Crippen LogP contribution is -2.54. The van der Waals surface area contributed by atoms with Gasteiger partial charge in [0.05, 0.1) is 44.2 Å². The van der Waals surface area contributed by atoms with Crippen molar-refractivity contribution in [2.24, 2.45) is 0 Å². The number of piperidine rings is 2. The Labute approximate surface area is 217 Å². The quantitative estimate of drug-likeness (QED) is 0.523. The number of nitrogens with zero attached hydrogens (tertiary/aromatic N) is 6. The summed E-state index contributed by atoms with van der Waals surface area (Å²) in [4.78, 5) is 14.4. The number of anilines is 1. The molecule has 0 saturated carbocycles. The molecule has 3 unspecified atom stereocenters. The molecule has 0 N–H and O–H groups in total. The van der Waals surface area contributed by atoms with Crippen LogP contribution < -0.4 is 9.64 Å². The minimum absolute atomic E-state index is 0.276. The van der Waals surface area contributed by atoms with Crippen LogP contribution in [-0.2, 0) is 9.47 Å². The van der Waals surface area contributed by atoms with E-state index in [-0.39, 0.29) is 6.10 Å². The maximum atomic E-state index is 5.92. The van der Waals surface area contributed by atoms with Crippen LogP contribution in [0.2, 0.25) is 0 Å². The Morgan fingerprint density at radius 3 is 2.51 bits per heavy atom. The Morgan fingerprint density at radius 1 is 0.946 bits per heavy atom. The van der Waals surface area contributed by atoms with Crippen LogP contribution >= 0.6 is 0 Å². The number of aromatic nitrogens is 4. The molecule has 2 aromatic heterocycles. The summed E-state index contributed by atoms with van der Waals surface area (Å²) in [6, 6.07) is 8.01. The predicted octanol–water partition coefficient (Wildman–Crippen LogP) is 3.47. The monoisotopic (exact) mass is 504 g/mol. The molecular formula is C28H36N6O3. The van der Waals surface area contributed by atoms with Crippen LogP contribution in [0, 0.1) is 6.92 Å². The fourth-order valence-electron chi connectivity index (χ4n) is 6.79. The highest BCUT2D eigenvalue weighted by atomic mass is 16.5. The van der Waals surface area contributed by atoms with Crippen molar-refractivity contribution >= 4 is 16.7 Å². The van der Waals surface area contributed by atoms with Gasteiger partial charge in [-0.25, -0.2) is 4.68 Å². The van der Waals surface area contributed by atoms with Gasteiger partial charge in [-0.05, 0) is 81.3 Å². The second-order valence-corrected chi connectivity index (χ2v) is 11.1. The maximum Gasteiger partial charge on any atom is 0.320 e. The van der Waals surface area contributed by atoms with Gasteiger partial charge in [-0.1, -0.05) is 0 Å². The molecule has 7 heterocycles. The summed E-state index contributed by atoms with van der Waals surface area (Å²) in [6.45, 7) is 7.94. The standard InChI is InChI=1S/C28H36N6O3/c1-18-11-20-14-29-34(25(20)12-24(18)19-5-8-32(9-6-19)21-7-10-36-16-21)27-13-26(30-28(31-27)35-2)33-15-23-4-3-22(33)17-37-23/h11-14,19,21-23H,3-10,15-17H2,1-2H3. The molecule has 37 heavy (non-hydrogen) atoms. The van der Waals surface area contributed by atoms with E-state index in [1.807, 2.05) is 10.9 Å². The summed E-state index contributed by atoms with van der Waals surface area (Å²) < 4.78 is 19.0. The summed E-state index contributed by atoms with van der Waals surface area (Å²) in [5.74, 6) is 2.19. The van der Waals surface area contributed by atoms with Gasteiger partial charge >= 0.3 is 6.01 Å². The SMILES string of the molecule is COc1nc(N2CC3CCC2CO3)cc(-n2ncc3cc(C)c(C4CCN(C5CCOC5)CC4)cc32)n1. The van der Waals surface area contributed by atoms with Crippen molar-refractivity contribution in [3.05, 3.63) is 35.5 Å². The Balaban J connectivity index is 1.20. The summed E-state index contributed by atoms with van der Waals surface area (Å²) in [5, 5.41) is 5.90. The minimum Gasteiger partial charge on any atom is -0.467 e. The molecule has 5 aliphatic rings. The molecule has 5 aliphatic heterocycles. The first kappa shape index (κ1) is 23.4. The van der Waals surface area contributed by atoms with Gasteiger partial charge in [0.25, 0.3) is 0 Å². The van der Waals surface area contributed by atoms with Crippen molar-refractivity contribution in [3.63, 3.8) is 0 Å². The van der Waals surface area contributed by atoms with Crippen LogP contribution in [0.5, 0.6) is 6.01 Å². The summed E-state index contributed by atoms with van der Waals surface area (Å²) in [5.41, 5.74) is 3.87. The fourth-order valence-corrected chi connectivity index (χ4v) is 6.79. The topological polar surface area (TPSA) is 77.8 Å². The van der Waals surface area contributed by atoms with E-state index < -0.39 is 0 Å². The molecule has 0 radical (unpaired) electrons. The minimum atomic E-state index is 0.276. The molecule has 3 aromatic rings. The number of morpholine rings is 1. The molecule has 2 bridgehead atoms. The van der Waals surface area contributed by atoms with Crippen LogP contribution in [0.25, 0.3) is 16.7 Å². The Bertz CT molecular complexity index is 1270. The smallest absolute Gasteiger partial charge is 0.320 e. The van der Waals surface area contributed by atoms with E-state index in [1.165, 1.54) is 30.4 Å². The van der Waals surface area contributed by atoms with Gasteiger partial charge < -0.3 is 19.1 Å². The number of rotatable bonds is 5. The number of fused-ring (bicyclic) bond motifs is 4. The number of benzene rings is 1. The lowest BCUT2D eigenvalue weighted by molar-refractivity contribution is -0.0229. The van der Waals surface area contributed by atoms with Crippen molar-refractivity contribution in [3.8, 4) is 11.8 Å². The first-order valence-electron chi connectivity index (χ1n) is 13.8. The molecule has 9 heteroatoms. The molecule has 0 aliphatic carbocycles. The van der Waals surface area contributed by atoms with Crippen molar-refractivity contribution < 1.29 is 14.2 Å². The third kappa shape index (κ3) is 4.27. The maximum absolute atomic E-state index is 5.92. The Kier molecular flexibility index (Phi) is 6.02. The highest BCUT2D eigenvalue weighted by Crippen LogP contribution is 2.35. The molecule has 8 rings (SSSR count). The lowest BCUT2D eigenvalue weighted by Gasteiger charge is -2.45. The van der Waals surface area contributed by atoms with Crippen LogP contribution in [0.15, 0.2) is 24.4 Å². The largest absolute Gasteiger partial charge is 0.467 e. The fraction of sp³-hybridized carbons (Fsp3) is 0.607. The zero-order valence-electron chi connectivity index (χ0n) is 21.8. The third-order valence-electron chi connectivity index (χ3n) is 8.91. The lowest BCUT2D eigenvalue weighted by atomic mass is 9.86. The van der Waals surface area contributed by atoms with E-state index in [4.69, 9.17) is 29.3 Å². The van der Waals surface area contributed by atoms with Crippen molar-refractivity contribution in [2.45, 2.75) is 63.1 Å². The number of hydrogen-bond donors (Lipinski definition) is 0. The Hall–Kier alpha value is -2.75. The van der Waals surface area contributed by atoms with Crippen molar-refractivity contribution in [2.75, 3.05) is 51.5 Å². The Morgan fingerprint density at radius 2 is 1.81 bits per heavy atom.